The molecule has 6 heteroatoms. The predicted octanol–water partition coefficient (Wildman–Crippen LogP) is 3.00. The second-order valence-electron chi connectivity index (χ2n) is 6.54. The van der Waals surface area contributed by atoms with E-state index in [4.69, 9.17) is 5.11 Å². The molecule has 0 radical (unpaired) electrons. The first kappa shape index (κ1) is 18.9. The number of nitrogens with one attached hydrogen (secondary N) is 1. The largest absolute Gasteiger partial charge is 0.481 e. The third kappa shape index (κ3) is 7.63. The smallest absolute Gasteiger partial charge is 0.303 e. The molecule has 1 aromatic heterocycles. The topological polar surface area (TPSA) is 82.5 Å². The van der Waals surface area contributed by atoms with E-state index in [9.17, 15) is 9.59 Å². The van der Waals surface area contributed by atoms with E-state index >= 15 is 0 Å². The third-order valence-corrected chi connectivity index (χ3v) is 3.09. The molecule has 6 nitrogen and oxygen atoms in total. The van der Waals surface area contributed by atoms with E-state index in [1.807, 2.05) is 6.07 Å². The van der Waals surface area contributed by atoms with Crippen LogP contribution in [0.4, 0.5) is 11.5 Å². The molecule has 1 heterocycles. The van der Waals surface area contributed by atoms with Gasteiger partial charge in [-0.1, -0.05) is 27.7 Å². The minimum Gasteiger partial charge on any atom is -0.481 e. The number of rotatable bonds is 9. The third-order valence-electron chi connectivity index (χ3n) is 3.09. The molecule has 0 saturated heterocycles. The predicted molar refractivity (Wildman–Crippen MR) is 91.6 cm³/mol. The molecule has 0 aliphatic heterocycles. The van der Waals surface area contributed by atoms with Crippen LogP contribution < -0.4 is 10.2 Å². The van der Waals surface area contributed by atoms with Crippen LogP contribution in [0.1, 0.15) is 40.5 Å². The number of nitrogens with zero attached hydrogens (tertiary/aromatic N) is 2. The number of amides is 1. The van der Waals surface area contributed by atoms with Crippen molar-refractivity contribution >= 4 is 23.4 Å². The van der Waals surface area contributed by atoms with Crippen LogP contribution >= 0.6 is 0 Å². The molecule has 0 bridgehead atoms. The normalized spacial score (nSPS) is 10.9. The zero-order valence-corrected chi connectivity index (χ0v) is 14.4. The van der Waals surface area contributed by atoms with Gasteiger partial charge in [0.2, 0.25) is 5.91 Å². The first-order valence-electron chi connectivity index (χ1n) is 8.00. The number of aromatic nitrogens is 1. The van der Waals surface area contributed by atoms with Crippen LogP contribution in [0.3, 0.4) is 0 Å². The van der Waals surface area contributed by atoms with E-state index in [1.165, 1.54) is 0 Å². The maximum atomic E-state index is 11.6. The number of anilines is 2. The molecule has 2 N–H and O–H groups in total. The van der Waals surface area contributed by atoms with E-state index < -0.39 is 5.97 Å². The minimum atomic E-state index is -0.980. The zero-order chi connectivity index (χ0) is 17.4. The van der Waals surface area contributed by atoms with Crippen LogP contribution in [0.15, 0.2) is 18.3 Å². The number of hydrogen-bond donors (Lipinski definition) is 2. The summed E-state index contributed by atoms with van der Waals surface area (Å²) < 4.78 is 0. The Morgan fingerprint density at radius 2 is 1.74 bits per heavy atom. The van der Waals surface area contributed by atoms with E-state index in [-0.39, 0.29) is 18.7 Å². The molecule has 0 unspecified atom stereocenters. The van der Waals surface area contributed by atoms with Gasteiger partial charge in [-0.2, -0.15) is 0 Å². The van der Waals surface area contributed by atoms with Gasteiger partial charge in [0, 0.05) is 19.5 Å². The molecule has 1 amide bonds. The van der Waals surface area contributed by atoms with Crippen molar-refractivity contribution in [3.05, 3.63) is 18.3 Å². The molecule has 0 fully saturated rings. The number of aliphatic carboxylic acids is 1. The summed E-state index contributed by atoms with van der Waals surface area (Å²) in [6.45, 7) is 10.5. The van der Waals surface area contributed by atoms with E-state index in [1.54, 1.807) is 12.3 Å². The molecule has 0 atom stereocenters. The SMILES string of the molecule is CC(C)CN(CC(C)C)c1ccc(NC(=O)CCC(=O)O)cn1. The van der Waals surface area contributed by atoms with Crippen molar-refractivity contribution in [2.24, 2.45) is 11.8 Å². The summed E-state index contributed by atoms with van der Waals surface area (Å²) in [4.78, 5) is 28.7. The van der Waals surface area contributed by atoms with Crippen molar-refractivity contribution in [1.29, 1.82) is 0 Å². The summed E-state index contributed by atoms with van der Waals surface area (Å²) in [6.07, 6.45) is 1.40. The number of carbonyl (C=O) groups is 2. The van der Waals surface area contributed by atoms with Crippen LogP contribution in [0.2, 0.25) is 0 Å². The Hall–Kier alpha value is -2.11. The Kier molecular flexibility index (Phi) is 7.51. The highest BCUT2D eigenvalue weighted by Gasteiger charge is 2.12. The van der Waals surface area contributed by atoms with Gasteiger partial charge in [-0.05, 0) is 24.0 Å². The summed E-state index contributed by atoms with van der Waals surface area (Å²) in [5, 5.41) is 11.2. The maximum Gasteiger partial charge on any atom is 0.303 e. The Morgan fingerprint density at radius 3 is 2.17 bits per heavy atom. The van der Waals surface area contributed by atoms with Gasteiger partial charge >= 0.3 is 5.97 Å². The monoisotopic (exact) mass is 321 g/mol. The number of carboxylic acid groups (broad SMARTS) is 1. The molecule has 0 saturated carbocycles. The summed E-state index contributed by atoms with van der Waals surface area (Å²) in [5.41, 5.74) is 0.582. The Morgan fingerprint density at radius 1 is 1.13 bits per heavy atom. The lowest BCUT2D eigenvalue weighted by atomic mass is 10.1. The molecule has 1 aromatic rings. The summed E-state index contributed by atoms with van der Waals surface area (Å²) >= 11 is 0. The fraction of sp³-hybridized carbons (Fsp3) is 0.588. The van der Waals surface area contributed by atoms with Crippen LogP contribution in [0, 0.1) is 11.8 Å². The van der Waals surface area contributed by atoms with Gasteiger partial charge in [-0.3, -0.25) is 9.59 Å². The molecular formula is C17H27N3O3. The fourth-order valence-corrected chi connectivity index (χ4v) is 2.23. The number of hydrogen-bond acceptors (Lipinski definition) is 4. The minimum absolute atomic E-state index is 0.0378. The highest BCUT2D eigenvalue weighted by Crippen LogP contribution is 2.17. The van der Waals surface area contributed by atoms with Gasteiger partial charge in [-0.25, -0.2) is 4.98 Å². The van der Waals surface area contributed by atoms with E-state index in [0.29, 0.717) is 17.5 Å². The van der Waals surface area contributed by atoms with Crippen molar-refractivity contribution in [3.63, 3.8) is 0 Å². The Bertz CT molecular complexity index is 502. The second kappa shape index (κ2) is 9.12. The van der Waals surface area contributed by atoms with Gasteiger partial charge < -0.3 is 15.3 Å². The van der Waals surface area contributed by atoms with Crippen molar-refractivity contribution in [1.82, 2.24) is 4.98 Å². The summed E-state index contributed by atoms with van der Waals surface area (Å²) in [6, 6.07) is 3.69. The summed E-state index contributed by atoms with van der Waals surface area (Å²) in [5.74, 6) is 0.655. The lowest BCUT2D eigenvalue weighted by Crippen LogP contribution is -2.32. The lowest BCUT2D eigenvalue weighted by molar-refractivity contribution is -0.138. The molecule has 0 aromatic carbocycles. The van der Waals surface area contributed by atoms with Crippen LogP contribution in [0.25, 0.3) is 0 Å². The van der Waals surface area contributed by atoms with Gasteiger partial charge in [0.25, 0.3) is 0 Å². The molecule has 1 rings (SSSR count). The van der Waals surface area contributed by atoms with Crippen molar-refractivity contribution in [3.8, 4) is 0 Å². The zero-order valence-electron chi connectivity index (χ0n) is 14.4. The molecule has 0 aliphatic rings. The maximum absolute atomic E-state index is 11.6. The number of carboxylic acids is 1. The molecule has 23 heavy (non-hydrogen) atoms. The van der Waals surface area contributed by atoms with E-state index in [0.717, 1.165) is 18.9 Å². The van der Waals surface area contributed by atoms with Crippen LogP contribution in [-0.4, -0.2) is 35.1 Å². The van der Waals surface area contributed by atoms with Gasteiger partial charge in [0.15, 0.2) is 0 Å². The number of carbonyl (C=O) groups excluding carboxylic acids is 1. The van der Waals surface area contributed by atoms with Gasteiger partial charge in [0.05, 0.1) is 18.3 Å². The van der Waals surface area contributed by atoms with Crippen LogP contribution in [0.5, 0.6) is 0 Å². The highest BCUT2D eigenvalue weighted by molar-refractivity contribution is 5.92. The van der Waals surface area contributed by atoms with Crippen molar-refractivity contribution in [2.45, 2.75) is 40.5 Å². The first-order valence-corrected chi connectivity index (χ1v) is 8.00. The molecular weight excluding hydrogens is 294 g/mol. The fourth-order valence-electron chi connectivity index (χ4n) is 2.23. The average Bonchev–Trinajstić information content (AvgIpc) is 2.44. The lowest BCUT2D eigenvalue weighted by Gasteiger charge is -2.27. The standard InChI is InChI=1S/C17H27N3O3/c1-12(2)10-20(11-13(3)4)15-6-5-14(9-18-15)19-16(21)7-8-17(22)23/h5-6,9,12-13H,7-8,10-11H2,1-4H3,(H,19,21)(H,22,23). The van der Waals surface area contributed by atoms with Gasteiger partial charge in [0.1, 0.15) is 5.82 Å². The second-order valence-corrected chi connectivity index (χ2v) is 6.54. The Balaban J connectivity index is 2.69. The van der Waals surface area contributed by atoms with Crippen molar-refractivity contribution < 1.29 is 14.7 Å². The van der Waals surface area contributed by atoms with Gasteiger partial charge in [-0.15, -0.1) is 0 Å². The molecule has 0 spiro atoms. The summed E-state index contributed by atoms with van der Waals surface area (Å²) in [7, 11) is 0. The van der Waals surface area contributed by atoms with E-state index in [2.05, 4.69) is 42.9 Å². The first-order chi connectivity index (χ1) is 10.8. The quantitative estimate of drug-likeness (QED) is 0.730. The van der Waals surface area contributed by atoms with Crippen LogP contribution in [-0.2, 0) is 9.59 Å². The highest BCUT2D eigenvalue weighted by atomic mass is 16.4. The number of pyridine rings is 1. The molecule has 0 aliphatic carbocycles. The van der Waals surface area contributed by atoms with Crippen molar-refractivity contribution in [2.75, 3.05) is 23.3 Å². The average molecular weight is 321 g/mol. The molecule has 128 valence electrons. The Labute approximate surface area is 137 Å².